The maximum atomic E-state index is 13.4. The minimum Gasteiger partial charge on any atom is -0.475 e. The molecule has 3 saturated heterocycles. The lowest BCUT2D eigenvalue weighted by molar-refractivity contribution is -0.137. The highest BCUT2D eigenvalue weighted by Crippen LogP contribution is 2.43. The number of carbonyl (C=O) groups is 8. The molecular formula is C72H76N4O11S. The van der Waals surface area contributed by atoms with Gasteiger partial charge in [-0.2, -0.15) is 0 Å². The standard InChI is InChI=1S/C22H23NO3.C19H17NO3.C16H19NO3.C15H17NO2S/c1-4-15-22(16-17-11-7-5-8-12-17)20(25)23(21(2,3)26-22)19(24)18-13-9-6-10-14-18;1-3-13-19(2)18(22)20(15-11-7-8-12-16(15)23-19)17(21)14-9-5-4-6-10-14;1-5-11-16(4)14(19)17(15(2,3)20-16)13(18)12-9-7-6-8-10-12;1-3-9-15(2)14(18)16(10-11-19-15)13(17)12-7-5-4-6-8-12/h4-14H,1,15-16H2,2-3H3;3-12H,1,13H2,2H3;5-10H,1,11H2,2-4H3;3-8H,1,9-11H2,2H3/t22-;19-;16-;15-/m1000/s1. The topological polar surface area (TPSA) is 177 Å². The molecule has 0 aliphatic carbocycles. The lowest BCUT2D eigenvalue weighted by atomic mass is 9.90. The highest BCUT2D eigenvalue weighted by atomic mass is 32.2. The Kier molecular flexibility index (Phi) is 21.3. The van der Waals surface area contributed by atoms with Gasteiger partial charge in [-0.3, -0.25) is 43.3 Å². The molecule has 8 amide bonds. The summed E-state index contributed by atoms with van der Waals surface area (Å²) >= 11 is 1.60. The van der Waals surface area contributed by atoms with Crippen LogP contribution in [0.25, 0.3) is 0 Å². The summed E-state index contributed by atoms with van der Waals surface area (Å²) in [5, 5.41) is 0. The van der Waals surface area contributed by atoms with Crippen molar-refractivity contribution >= 4 is 64.7 Å². The Bertz CT molecular complexity index is 3560. The van der Waals surface area contributed by atoms with E-state index >= 15 is 0 Å². The second-order valence-corrected chi connectivity index (χ2v) is 24.5. The molecule has 4 atom stereocenters. The molecule has 6 aromatic rings. The molecule has 88 heavy (non-hydrogen) atoms. The first-order valence-corrected chi connectivity index (χ1v) is 29.9. The van der Waals surface area contributed by atoms with Gasteiger partial charge in [0, 0.05) is 60.2 Å². The number of carbonyl (C=O) groups excluding carboxylic acids is 8. The maximum absolute atomic E-state index is 13.4. The van der Waals surface area contributed by atoms with Crippen LogP contribution in [0, 0.1) is 0 Å². The van der Waals surface area contributed by atoms with Crippen LogP contribution < -0.4 is 9.64 Å². The van der Waals surface area contributed by atoms with E-state index in [-0.39, 0.29) is 47.3 Å². The zero-order chi connectivity index (χ0) is 64.1. The number of anilines is 1. The Balaban J connectivity index is 0.000000169. The zero-order valence-electron chi connectivity index (χ0n) is 51.0. The molecule has 15 nitrogen and oxygen atoms in total. The van der Waals surface area contributed by atoms with E-state index in [9.17, 15) is 38.4 Å². The predicted molar refractivity (Wildman–Crippen MR) is 343 cm³/mol. The fraction of sp³-hybridized carbons (Fsp3) is 0.278. The summed E-state index contributed by atoms with van der Waals surface area (Å²) in [5.74, 6) is -1.11. The Morgan fingerprint density at radius 3 is 1.35 bits per heavy atom. The summed E-state index contributed by atoms with van der Waals surface area (Å²) in [6.45, 7) is 27.5. The number of hydrogen-bond donors (Lipinski definition) is 0. The van der Waals surface area contributed by atoms with Gasteiger partial charge in [0.15, 0.2) is 16.8 Å². The predicted octanol–water partition coefficient (Wildman–Crippen LogP) is 13.1. The third kappa shape index (κ3) is 14.5. The van der Waals surface area contributed by atoms with Crippen LogP contribution in [0.4, 0.5) is 5.69 Å². The van der Waals surface area contributed by atoms with E-state index in [1.54, 1.807) is 193 Å². The van der Waals surface area contributed by atoms with Gasteiger partial charge < -0.3 is 14.2 Å². The van der Waals surface area contributed by atoms with Crippen molar-refractivity contribution in [1.29, 1.82) is 0 Å². The van der Waals surface area contributed by atoms with Crippen LogP contribution in [-0.4, -0.2) is 107 Å². The Morgan fingerprint density at radius 1 is 0.455 bits per heavy atom. The van der Waals surface area contributed by atoms with Crippen molar-refractivity contribution in [2.45, 2.75) is 114 Å². The van der Waals surface area contributed by atoms with Gasteiger partial charge in [-0.15, -0.1) is 38.1 Å². The van der Waals surface area contributed by atoms with Gasteiger partial charge >= 0.3 is 0 Å². The van der Waals surface area contributed by atoms with E-state index in [2.05, 4.69) is 26.3 Å². The van der Waals surface area contributed by atoms with E-state index in [4.69, 9.17) is 14.2 Å². The summed E-state index contributed by atoms with van der Waals surface area (Å²) in [7, 11) is 0. The van der Waals surface area contributed by atoms with Gasteiger partial charge in [-0.1, -0.05) is 140 Å². The Labute approximate surface area is 520 Å². The first-order valence-electron chi connectivity index (χ1n) is 28.9. The monoisotopic (exact) mass is 1200 g/mol. The lowest BCUT2D eigenvalue weighted by Crippen LogP contribution is -2.56. The molecule has 0 aromatic heterocycles. The van der Waals surface area contributed by atoms with E-state index < -0.39 is 33.0 Å². The van der Waals surface area contributed by atoms with Gasteiger partial charge in [0.1, 0.15) is 17.2 Å². The second kappa shape index (κ2) is 28.2. The van der Waals surface area contributed by atoms with E-state index in [1.807, 2.05) is 67.6 Å². The number of rotatable bonds is 14. The molecule has 4 aliphatic heterocycles. The fourth-order valence-corrected chi connectivity index (χ4v) is 12.1. The summed E-state index contributed by atoms with van der Waals surface area (Å²) in [4.78, 5) is 107. The minimum atomic E-state index is -1.14. The number of nitrogens with zero attached hydrogens (tertiary/aromatic N) is 4. The van der Waals surface area contributed by atoms with Crippen molar-refractivity contribution in [3.8, 4) is 5.75 Å². The number of ether oxygens (including phenoxy) is 3. The van der Waals surface area contributed by atoms with Gasteiger partial charge in [0.05, 0.1) is 10.4 Å². The average molecular weight is 1210 g/mol. The molecule has 456 valence electrons. The molecule has 0 N–H and O–H groups in total. The highest BCUT2D eigenvalue weighted by molar-refractivity contribution is 8.01. The first-order chi connectivity index (χ1) is 41.9. The lowest BCUT2D eigenvalue weighted by Gasteiger charge is -2.39. The molecule has 0 saturated carbocycles. The number of hydrogen-bond acceptors (Lipinski definition) is 12. The fourth-order valence-electron chi connectivity index (χ4n) is 10.9. The average Bonchev–Trinajstić information content (AvgIpc) is 1.56. The van der Waals surface area contributed by atoms with Crippen molar-refractivity contribution in [3.63, 3.8) is 0 Å². The summed E-state index contributed by atoms with van der Waals surface area (Å²) < 4.78 is 17.4. The number of allylic oxidation sites excluding steroid dienone is 1. The largest absolute Gasteiger partial charge is 0.475 e. The number of para-hydroxylation sites is 2. The van der Waals surface area contributed by atoms with Crippen LogP contribution in [0.3, 0.4) is 0 Å². The van der Waals surface area contributed by atoms with Crippen LogP contribution >= 0.6 is 11.8 Å². The maximum Gasteiger partial charge on any atom is 0.278 e. The van der Waals surface area contributed by atoms with Crippen LogP contribution in [0.2, 0.25) is 0 Å². The third-order valence-electron chi connectivity index (χ3n) is 15.1. The van der Waals surface area contributed by atoms with Crippen molar-refractivity contribution in [2.24, 2.45) is 0 Å². The molecular weight excluding hydrogens is 1130 g/mol. The zero-order valence-corrected chi connectivity index (χ0v) is 51.8. The van der Waals surface area contributed by atoms with Gasteiger partial charge in [-0.05, 0) is 121 Å². The minimum absolute atomic E-state index is 0.113. The van der Waals surface area contributed by atoms with Crippen LogP contribution in [0.5, 0.6) is 5.75 Å². The smallest absolute Gasteiger partial charge is 0.278 e. The van der Waals surface area contributed by atoms with E-state index in [0.29, 0.717) is 72.3 Å². The summed E-state index contributed by atoms with van der Waals surface area (Å²) in [6, 6.07) is 52.0. The molecule has 0 bridgehead atoms. The van der Waals surface area contributed by atoms with Gasteiger partial charge in [-0.25, -0.2) is 14.7 Å². The Morgan fingerprint density at radius 2 is 0.864 bits per heavy atom. The van der Waals surface area contributed by atoms with E-state index in [0.717, 1.165) is 11.3 Å². The second-order valence-electron chi connectivity index (χ2n) is 22.9. The molecule has 4 aliphatic rings. The summed E-state index contributed by atoms with van der Waals surface area (Å²) in [5.41, 5.74) is -1.91. The first kappa shape index (κ1) is 66.4. The number of amides is 8. The van der Waals surface area contributed by atoms with Crippen LogP contribution in [0.1, 0.15) is 121 Å². The molecule has 4 heterocycles. The molecule has 16 heteroatoms. The quantitative estimate of drug-likeness (QED) is 0.0746. The van der Waals surface area contributed by atoms with Crippen LogP contribution in [-0.2, 0) is 35.1 Å². The molecule has 6 aromatic carbocycles. The van der Waals surface area contributed by atoms with Crippen LogP contribution in [0.15, 0.2) is 227 Å². The molecule has 0 radical (unpaired) electrons. The SMILES string of the molecule is C=CC[C@]1(C)OC(C)(C)N(C(=O)c2ccccc2)C1=O.C=CC[C@]1(C)Oc2ccccc2N(C(=O)c2ccccc2)C1=O.C=CC[C@]1(C)SCCN(C(=O)c2ccccc2)C1=O.C=CC[C@]1(Cc2ccccc2)OC(C)(C)N(C(=O)c2ccccc2)C1=O. The summed E-state index contributed by atoms with van der Waals surface area (Å²) in [6.07, 6.45) is 8.65. The van der Waals surface area contributed by atoms with Gasteiger partial charge in [0.25, 0.3) is 41.4 Å². The number of benzene rings is 6. The normalized spacial score (nSPS) is 22.2. The molecule has 0 spiro atoms. The van der Waals surface area contributed by atoms with E-state index in [1.165, 1.54) is 19.6 Å². The molecule has 0 unspecified atom stereocenters. The number of thioether (sulfide) groups is 1. The van der Waals surface area contributed by atoms with Crippen molar-refractivity contribution in [3.05, 3.63) is 254 Å². The highest BCUT2D eigenvalue weighted by Gasteiger charge is 2.59. The number of fused-ring (bicyclic) bond motifs is 1. The Hall–Kier alpha value is -9.09. The molecule has 10 rings (SSSR count). The number of imide groups is 4. The molecule has 3 fully saturated rings. The van der Waals surface area contributed by atoms with Crippen molar-refractivity contribution < 1.29 is 52.6 Å². The van der Waals surface area contributed by atoms with Crippen molar-refractivity contribution in [2.75, 3.05) is 17.2 Å². The van der Waals surface area contributed by atoms with Crippen molar-refractivity contribution in [1.82, 2.24) is 14.7 Å². The van der Waals surface area contributed by atoms with Gasteiger partial charge in [0.2, 0.25) is 5.91 Å². The third-order valence-corrected chi connectivity index (χ3v) is 16.5.